The molecule has 0 saturated heterocycles. The lowest BCUT2D eigenvalue weighted by Gasteiger charge is -2.25. The van der Waals surface area contributed by atoms with Crippen LogP contribution in [-0.4, -0.2) is 40.7 Å². The highest BCUT2D eigenvalue weighted by Crippen LogP contribution is 2.33. The van der Waals surface area contributed by atoms with Crippen LogP contribution in [0, 0.1) is 10.1 Å². The molecule has 3 N–H and O–H groups in total. The molecule has 0 aliphatic heterocycles. The first-order valence-corrected chi connectivity index (χ1v) is 8.19. The number of aromatic nitrogens is 2. The van der Waals surface area contributed by atoms with Crippen molar-refractivity contribution in [2.45, 2.75) is 26.4 Å². The molecule has 0 radical (unpaired) electrons. The van der Waals surface area contributed by atoms with Crippen molar-refractivity contribution >= 4 is 34.8 Å². The van der Waals surface area contributed by atoms with Gasteiger partial charge in [0.25, 0.3) is 0 Å². The molecule has 1 aromatic carbocycles. The van der Waals surface area contributed by atoms with Gasteiger partial charge in [-0.05, 0) is 26.8 Å². The van der Waals surface area contributed by atoms with Crippen molar-refractivity contribution in [1.82, 2.24) is 9.97 Å². The first-order chi connectivity index (χ1) is 13.0. The maximum Gasteiger partial charge on any atom is 0.414 e. The molecule has 0 unspecified atom stereocenters. The highest BCUT2D eigenvalue weighted by atomic mass is 16.6. The Hall–Kier alpha value is -3.63. The van der Waals surface area contributed by atoms with Crippen molar-refractivity contribution in [3.8, 4) is 5.75 Å². The van der Waals surface area contributed by atoms with Gasteiger partial charge in [0.1, 0.15) is 17.7 Å². The molecule has 28 heavy (non-hydrogen) atoms. The summed E-state index contributed by atoms with van der Waals surface area (Å²) in [7, 11) is 3.00. The zero-order valence-electron chi connectivity index (χ0n) is 16.2. The van der Waals surface area contributed by atoms with Crippen molar-refractivity contribution in [2.75, 3.05) is 30.1 Å². The summed E-state index contributed by atoms with van der Waals surface area (Å²) >= 11 is 0. The number of amides is 1. The van der Waals surface area contributed by atoms with Gasteiger partial charge in [0.2, 0.25) is 11.6 Å². The minimum Gasteiger partial charge on any atom is -0.497 e. The molecule has 1 amide bonds. The van der Waals surface area contributed by atoms with Crippen molar-refractivity contribution in [2.24, 2.45) is 0 Å². The van der Waals surface area contributed by atoms with Crippen LogP contribution in [0.25, 0.3) is 0 Å². The Morgan fingerprint density at radius 2 is 1.96 bits per heavy atom. The maximum absolute atomic E-state index is 12.3. The monoisotopic (exact) mass is 390 g/mol. The summed E-state index contributed by atoms with van der Waals surface area (Å²) in [6, 6.07) is 4.81. The van der Waals surface area contributed by atoms with Crippen LogP contribution in [-0.2, 0) is 4.74 Å². The van der Waals surface area contributed by atoms with Crippen LogP contribution in [0.15, 0.2) is 24.5 Å². The number of nitrogen functional groups attached to an aromatic ring is 1. The Kier molecular flexibility index (Phi) is 5.87. The molecule has 0 bridgehead atoms. The lowest BCUT2D eigenvalue weighted by Crippen LogP contribution is -2.34. The zero-order valence-corrected chi connectivity index (χ0v) is 16.2. The van der Waals surface area contributed by atoms with Crippen LogP contribution in [0.1, 0.15) is 20.8 Å². The fourth-order valence-electron chi connectivity index (χ4n) is 2.20. The van der Waals surface area contributed by atoms with Gasteiger partial charge in [-0.2, -0.15) is 0 Å². The number of nitrogens with two attached hydrogens (primary N) is 1. The normalized spacial score (nSPS) is 10.9. The first-order valence-electron chi connectivity index (χ1n) is 8.19. The van der Waals surface area contributed by atoms with E-state index >= 15 is 0 Å². The number of hydrogen-bond donors (Lipinski definition) is 2. The summed E-state index contributed by atoms with van der Waals surface area (Å²) < 4.78 is 10.6. The Balaban J connectivity index is 2.40. The van der Waals surface area contributed by atoms with E-state index < -0.39 is 22.3 Å². The van der Waals surface area contributed by atoms with Gasteiger partial charge in [-0.15, -0.1) is 0 Å². The summed E-state index contributed by atoms with van der Waals surface area (Å²) in [4.78, 5) is 31.7. The average molecular weight is 390 g/mol. The number of carbonyl (C=O) groups excluding carboxylic acids is 1. The topological polar surface area (TPSA) is 146 Å². The highest BCUT2D eigenvalue weighted by molar-refractivity contribution is 5.89. The van der Waals surface area contributed by atoms with Crippen LogP contribution in [0.2, 0.25) is 0 Å². The summed E-state index contributed by atoms with van der Waals surface area (Å²) in [5.41, 5.74) is 5.31. The number of rotatable bonds is 5. The predicted molar refractivity (Wildman–Crippen MR) is 104 cm³/mol. The molecule has 0 aliphatic rings. The van der Waals surface area contributed by atoms with E-state index in [-0.39, 0.29) is 11.6 Å². The summed E-state index contributed by atoms with van der Waals surface area (Å²) in [5.74, 6) is 0.0632. The molecule has 2 aromatic rings. The number of carbonyl (C=O) groups is 1. The van der Waals surface area contributed by atoms with Crippen LogP contribution in [0.4, 0.5) is 33.5 Å². The molecule has 0 spiro atoms. The van der Waals surface area contributed by atoms with E-state index in [4.69, 9.17) is 15.2 Å². The van der Waals surface area contributed by atoms with E-state index in [0.717, 1.165) is 6.33 Å². The van der Waals surface area contributed by atoms with Crippen LogP contribution in [0.3, 0.4) is 0 Å². The molecular weight excluding hydrogens is 368 g/mol. The number of anilines is 4. The van der Waals surface area contributed by atoms with Gasteiger partial charge in [-0.25, -0.2) is 14.8 Å². The molecule has 0 atom stereocenters. The first kappa shape index (κ1) is 20.7. The number of benzene rings is 1. The van der Waals surface area contributed by atoms with E-state index in [0.29, 0.717) is 17.1 Å². The molecule has 11 nitrogen and oxygen atoms in total. The second-order valence-electron chi connectivity index (χ2n) is 6.80. The third kappa shape index (κ3) is 4.96. The molecule has 11 heteroatoms. The van der Waals surface area contributed by atoms with E-state index in [1.54, 1.807) is 39.0 Å². The van der Waals surface area contributed by atoms with Crippen molar-refractivity contribution in [3.05, 3.63) is 34.6 Å². The fraction of sp³-hybridized carbons (Fsp3) is 0.353. The molecule has 0 saturated carbocycles. The molecule has 1 heterocycles. The zero-order chi connectivity index (χ0) is 21.1. The summed E-state index contributed by atoms with van der Waals surface area (Å²) in [6.45, 7) is 5.28. The van der Waals surface area contributed by atoms with Gasteiger partial charge in [-0.3, -0.25) is 15.0 Å². The Morgan fingerprint density at radius 1 is 1.29 bits per heavy atom. The molecule has 0 fully saturated rings. The second kappa shape index (κ2) is 7.94. The number of methoxy groups -OCH3 is 1. The molecule has 0 aliphatic carbocycles. The lowest BCUT2D eigenvalue weighted by atomic mass is 10.2. The van der Waals surface area contributed by atoms with E-state index in [1.807, 2.05) is 0 Å². The van der Waals surface area contributed by atoms with Crippen LogP contribution in [0.5, 0.6) is 5.75 Å². The SMILES string of the molecule is COc1cc(Nc2ncnc(N)c2[N+](=O)[O-])cc(N(C)C(=O)OC(C)(C)C)c1. The molecule has 150 valence electrons. The minimum absolute atomic E-state index is 0.0865. The number of nitrogens with one attached hydrogen (secondary N) is 1. The van der Waals surface area contributed by atoms with Crippen molar-refractivity contribution in [1.29, 1.82) is 0 Å². The van der Waals surface area contributed by atoms with Crippen molar-refractivity contribution in [3.63, 3.8) is 0 Å². The number of ether oxygens (including phenoxy) is 2. The number of nitro groups is 1. The van der Waals surface area contributed by atoms with Gasteiger partial charge in [0, 0.05) is 24.9 Å². The van der Waals surface area contributed by atoms with Gasteiger partial charge in [-0.1, -0.05) is 0 Å². The third-order valence-corrected chi connectivity index (χ3v) is 3.48. The Bertz CT molecular complexity index is 896. The second-order valence-corrected chi connectivity index (χ2v) is 6.80. The van der Waals surface area contributed by atoms with Crippen LogP contribution < -0.4 is 20.7 Å². The quantitative estimate of drug-likeness (QED) is 0.580. The highest BCUT2D eigenvalue weighted by Gasteiger charge is 2.23. The molecular formula is C17H22N6O5. The Morgan fingerprint density at radius 3 is 2.54 bits per heavy atom. The van der Waals surface area contributed by atoms with Gasteiger partial charge in [0.15, 0.2) is 0 Å². The lowest BCUT2D eigenvalue weighted by molar-refractivity contribution is -0.383. The van der Waals surface area contributed by atoms with E-state index in [2.05, 4.69) is 15.3 Å². The Labute approximate surface area is 161 Å². The van der Waals surface area contributed by atoms with E-state index in [9.17, 15) is 14.9 Å². The van der Waals surface area contributed by atoms with Gasteiger partial charge in [0.05, 0.1) is 17.7 Å². The van der Waals surface area contributed by atoms with Crippen molar-refractivity contribution < 1.29 is 19.2 Å². The molecule has 1 aromatic heterocycles. The van der Waals surface area contributed by atoms with E-state index in [1.165, 1.54) is 19.1 Å². The van der Waals surface area contributed by atoms with Crippen LogP contribution >= 0.6 is 0 Å². The number of hydrogen-bond acceptors (Lipinski definition) is 9. The third-order valence-electron chi connectivity index (χ3n) is 3.48. The average Bonchev–Trinajstić information content (AvgIpc) is 2.59. The van der Waals surface area contributed by atoms with Gasteiger partial charge >= 0.3 is 11.8 Å². The standard InChI is InChI=1S/C17H22N6O5/c1-17(2,3)28-16(24)22(4)11-6-10(7-12(8-11)27-5)21-15-13(23(25)26)14(18)19-9-20-15/h6-9H,1-5H3,(H3,18,19,20,21). The molecule has 2 rings (SSSR count). The number of nitrogens with zero attached hydrogens (tertiary/aromatic N) is 4. The smallest absolute Gasteiger partial charge is 0.414 e. The minimum atomic E-state index is -0.675. The summed E-state index contributed by atoms with van der Waals surface area (Å²) in [6.07, 6.45) is 0.544. The maximum atomic E-state index is 12.3. The fourth-order valence-corrected chi connectivity index (χ4v) is 2.20. The van der Waals surface area contributed by atoms with Gasteiger partial charge < -0.3 is 20.5 Å². The summed E-state index contributed by atoms with van der Waals surface area (Å²) in [5, 5.41) is 14.1. The largest absolute Gasteiger partial charge is 0.497 e. The predicted octanol–water partition coefficient (Wildman–Crippen LogP) is 3.09.